The number of benzene rings is 2. The average molecular weight is 750 g/mol. The van der Waals surface area contributed by atoms with Gasteiger partial charge in [0.1, 0.15) is 21.2 Å². The predicted octanol–water partition coefficient (Wildman–Crippen LogP) is 6.95. The molecule has 0 radical (unpaired) electrons. The molecule has 2 aliphatic heterocycles. The van der Waals surface area contributed by atoms with Crippen molar-refractivity contribution in [2.75, 3.05) is 37.5 Å². The van der Waals surface area contributed by atoms with E-state index in [9.17, 15) is 13.8 Å². The van der Waals surface area contributed by atoms with E-state index in [4.69, 9.17) is 25.8 Å². The Kier molecular flexibility index (Phi) is 12.1. The lowest BCUT2D eigenvalue weighted by Gasteiger charge is -2.44. The number of fused-ring (bicyclic) bond motifs is 3. The van der Waals surface area contributed by atoms with Crippen LogP contribution in [0.4, 0.5) is 5.69 Å². The largest absolute Gasteiger partial charge is 0.491 e. The summed E-state index contributed by atoms with van der Waals surface area (Å²) in [6.45, 7) is 8.01. The molecule has 5 atom stereocenters. The number of carbonyl (C=O) groups is 2. The third kappa shape index (κ3) is 8.90. The van der Waals surface area contributed by atoms with Gasteiger partial charge in [-0.1, -0.05) is 42.8 Å². The lowest BCUT2D eigenvalue weighted by Crippen LogP contribution is -2.43. The van der Waals surface area contributed by atoms with E-state index in [1.807, 2.05) is 13.0 Å². The number of aryl methyl sites for hydroxylation is 2. The Morgan fingerprint density at radius 2 is 2.04 bits per heavy atom. The summed E-state index contributed by atoms with van der Waals surface area (Å²) < 4.78 is 40.9. The second-order valence-corrected chi connectivity index (χ2v) is 16.4. The number of carbonyl (C=O) groups excluding carboxylic acids is 2. The summed E-state index contributed by atoms with van der Waals surface area (Å²) in [5.41, 5.74) is 3.45. The topological polar surface area (TPSA) is 124 Å². The molecular formula is C39H48ClN5O6S. The Morgan fingerprint density at radius 3 is 2.81 bits per heavy atom. The summed E-state index contributed by atoms with van der Waals surface area (Å²) in [4.78, 5) is 29.9. The first-order valence-corrected chi connectivity index (χ1v) is 20.0. The standard InChI is InChI=1S/C39H48ClN5O6S/c1-5-18-50-35-11-8-9-26(2)25-52(48,43-38(47)33-24-44(3)41-39(33)49-4)42-37(46)28-14-17-36-34(21-28)45(23-30-13-16-32(30)35)22-29-12-15-31(40)20-27(29)10-6-7-19-51-36/h5,8,11-12,14-15,17,20-21,24,26,30,32,35H,1,6-7,9-10,13,16,18-19,22-23,25H2,2-4H3,(H,42,43,46,47,48)/b11-8+/t26-,30-,32+,35-,52?/m0/s1. The fourth-order valence-corrected chi connectivity index (χ4v) is 9.33. The fourth-order valence-electron chi connectivity index (χ4n) is 7.25. The van der Waals surface area contributed by atoms with Crippen LogP contribution in [-0.2, 0) is 34.7 Å². The Hall–Kier alpha value is -4.13. The van der Waals surface area contributed by atoms with Crippen LogP contribution in [0, 0.1) is 17.8 Å². The van der Waals surface area contributed by atoms with Gasteiger partial charge in [0.15, 0.2) is 0 Å². The number of amides is 2. The van der Waals surface area contributed by atoms with Crippen molar-refractivity contribution in [2.24, 2.45) is 29.2 Å². The summed E-state index contributed by atoms with van der Waals surface area (Å²) in [6.07, 6.45) is 12.5. The van der Waals surface area contributed by atoms with E-state index in [0.29, 0.717) is 49.4 Å². The molecule has 1 saturated carbocycles. The lowest BCUT2D eigenvalue weighted by atomic mass is 9.70. The smallest absolute Gasteiger partial charge is 0.286 e. The molecule has 278 valence electrons. The van der Waals surface area contributed by atoms with E-state index in [1.54, 1.807) is 31.3 Å². The maximum Gasteiger partial charge on any atom is 0.286 e. The molecule has 3 aliphatic rings. The van der Waals surface area contributed by atoms with E-state index in [2.05, 4.69) is 49.9 Å². The number of hydrogen-bond donors (Lipinski definition) is 1. The number of aromatic nitrogens is 2. The van der Waals surface area contributed by atoms with Gasteiger partial charge in [0.25, 0.3) is 11.8 Å². The molecular weight excluding hydrogens is 702 g/mol. The molecule has 1 unspecified atom stereocenters. The Balaban J connectivity index is 1.46. The Bertz CT molecular complexity index is 1950. The van der Waals surface area contributed by atoms with Gasteiger partial charge < -0.3 is 19.1 Å². The zero-order valence-corrected chi connectivity index (χ0v) is 31.7. The van der Waals surface area contributed by atoms with Gasteiger partial charge in [0.2, 0.25) is 5.88 Å². The van der Waals surface area contributed by atoms with Crippen LogP contribution < -0.4 is 19.1 Å². The Labute approximate surface area is 311 Å². The van der Waals surface area contributed by atoms with Crippen LogP contribution in [0.2, 0.25) is 5.02 Å². The van der Waals surface area contributed by atoms with Crippen LogP contribution in [0.3, 0.4) is 0 Å². The molecule has 6 rings (SSSR count). The fraction of sp³-hybridized carbons (Fsp3) is 0.462. The van der Waals surface area contributed by atoms with Gasteiger partial charge in [-0.15, -0.1) is 16.0 Å². The van der Waals surface area contributed by atoms with Crippen molar-refractivity contribution in [1.29, 1.82) is 0 Å². The van der Waals surface area contributed by atoms with Crippen molar-refractivity contribution in [3.63, 3.8) is 0 Å². The zero-order valence-electron chi connectivity index (χ0n) is 30.1. The van der Waals surface area contributed by atoms with Gasteiger partial charge in [-0.05, 0) is 97.7 Å². The summed E-state index contributed by atoms with van der Waals surface area (Å²) in [6, 6.07) is 11.3. The summed E-state index contributed by atoms with van der Waals surface area (Å²) >= 11 is 6.48. The molecule has 2 bridgehead atoms. The van der Waals surface area contributed by atoms with Gasteiger partial charge in [-0.2, -0.15) is 0 Å². The van der Waals surface area contributed by atoms with E-state index < -0.39 is 21.7 Å². The van der Waals surface area contributed by atoms with Gasteiger partial charge in [-0.3, -0.25) is 19.0 Å². The summed E-state index contributed by atoms with van der Waals surface area (Å²) in [7, 11) is -0.572. The van der Waals surface area contributed by atoms with Crippen LogP contribution in [0.25, 0.3) is 0 Å². The van der Waals surface area contributed by atoms with Crippen molar-refractivity contribution >= 4 is 39.0 Å². The highest BCUT2D eigenvalue weighted by atomic mass is 35.5. The minimum absolute atomic E-state index is 0.0544. The van der Waals surface area contributed by atoms with Crippen molar-refractivity contribution in [2.45, 2.75) is 58.1 Å². The van der Waals surface area contributed by atoms with Crippen LogP contribution >= 0.6 is 11.6 Å². The van der Waals surface area contributed by atoms with E-state index in [1.165, 1.54) is 23.6 Å². The number of methoxy groups -OCH3 is 1. The average Bonchev–Trinajstić information content (AvgIpc) is 3.47. The van der Waals surface area contributed by atoms with Crippen LogP contribution in [0.1, 0.15) is 70.9 Å². The van der Waals surface area contributed by atoms with Gasteiger partial charge in [0.05, 0.1) is 37.9 Å². The predicted molar refractivity (Wildman–Crippen MR) is 203 cm³/mol. The van der Waals surface area contributed by atoms with Crippen LogP contribution in [0.5, 0.6) is 11.6 Å². The lowest BCUT2D eigenvalue weighted by molar-refractivity contribution is -0.00208. The van der Waals surface area contributed by atoms with Crippen LogP contribution in [0.15, 0.2) is 71.8 Å². The number of nitrogens with zero attached hydrogens (tertiary/aromatic N) is 4. The minimum Gasteiger partial charge on any atom is -0.491 e. The molecule has 11 nitrogen and oxygen atoms in total. The molecule has 1 fully saturated rings. The first kappa shape index (κ1) is 37.6. The highest BCUT2D eigenvalue weighted by molar-refractivity contribution is 7.92. The monoisotopic (exact) mass is 749 g/mol. The molecule has 1 aromatic heterocycles. The van der Waals surface area contributed by atoms with Gasteiger partial charge in [-0.25, -0.2) is 4.21 Å². The molecule has 52 heavy (non-hydrogen) atoms. The van der Waals surface area contributed by atoms with Crippen LogP contribution in [-0.4, -0.2) is 64.5 Å². The molecule has 3 aromatic rings. The minimum atomic E-state index is -3.62. The quantitative estimate of drug-likeness (QED) is 0.269. The molecule has 13 heteroatoms. The number of halogens is 1. The summed E-state index contributed by atoms with van der Waals surface area (Å²) in [5.74, 6) is -0.319. The third-order valence-corrected chi connectivity index (χ3v) is 12.2. The molecule has 2 aromatic carbocycles. The van der Waals surface area contributed by atoms with Crippen molar-refractivity contribution in [1.82, 2.24) is 14.5 Å². The number of anilines is 1. The maximum atomic E-state index is 14.6. The summed E-state index contributed by atoms with van der Waals surface area (Å²) in [5, 5.41) is 4.85. The molecule has 1 aliphatic carbocycles. The normalized spacial score (nSPS) is 25.8. The van der Waals surface area contributed by atoms with E-state index in [-0.39, 0.29) is 40.7 Å². The first-order valence-electron chi connectivity index (χ1n) is 17.9. The first-order chi connectivity index (χ1) is 25.1. The third-order valence-electron chi connectivity index (χ3n) is 10.0. The number of hydrogen-bond acceptors (Lipinski definition) is 8. The number of ether oxygens (including phenoxy) is 3. The van der Waals surface area contributed by atoms with Gasteiger partial charge in [0, 0.05) is 36.9 Å². The SMILES string of the molecule is C=CCO[C@H]1/C=C/C[C@H](C)CS(=O)(NC(=O)c2cn(C)nc2OC)=NC(=O)c2ccc3c(c2)N(Cc2ccc(Cl)cc2CCCCO3)C[C@@H]2CC[C@H]21. The molecule has 1 N–H and O–H groups in total. The van der Waals surface area contributed by atoms with E-state index >= 15 is 0 Å². The zero-order chi connectivity index (χ0) is 36.8. The maximum absolute atomic E-state index is 14.6. The van der Waals surface area contributed by atoms with Crippen molar-refractivity contribution < 1.29 is 28.0 Å². The van der Waals surface area contributed by atoms with Crippen molar-refractivity contribution in [3.05, 3.63) is 94.7 Å². The number of rotatable bonds is 6. The Morgan fingerprint density at radius 1 is 1.19 bits per heavy atom. The second kappa shape index (κ2) is 16.7. The molecule has 2 amide bonds. The molecule has 3 heterocycles. The van der Waals surface area contributed by atoms with Crippen molar-refractivity contribution in [3.8, 4) is 11.6 Å². The second-order valence-electron chi connectivity index (χ2n) is 14.0. The molecule has 0 spiro atoms. The highest BCUT2D eigenvalue weighted by Crippen LogP contribution is 2.42. The van der Waals surface area contributed by atoms with E-state index in [0.717, 1.165) is 43.4 Å². The number of allylic oxidation sites excluding steroid dienone is 1. The van der Waals surface area contributed by atoms with Gasteiger partial charge >= 0.3 is 0 Å². The number of nitrogens with one attached hydrogen (secondary N) is 1. The highest BCUT2D eigenvalue weighted by Gasteiger charge is 2.38. The molecule has 0 saturated heterocycles.